The fraction of sp³-hybridized carbons (Fsp3) is 0.231. The Kier molecular flexibility index (Phi) is 11.5. The van der Waals surface area contributed by atoms with Gasteiger partial charge in [0.2, 0.25) is 11.8 Å². The van der Waals surface area contributed by atoms with E-state index in [4.69, 9.17) is 23.7 Å². The van der Waals surface area contributed by atoms with Gasteiger partial charge in [-0.1, -0.05) is 12.1 Å². The smallest absolute Gasteiger partial charge is 0.347 e. The molecular weight excluding hydrogens is 583 g/mol. The van der Waals surface area contributed by atoms with Gasteiger partial charge in [-0.05, 0) is 26.0 Å². The minimum atomic E-state index is -0.841. The van der Waals surface area contributed by atoms with Crippen molar-refractivity contribution in [2.24, 2.45) is 9.98 Å². The summed E-state index contributed by atoms with van der Waals surface area (Å²) >= 11 is 0. The molecule has 0 spiro atoms. The molecule has 0 aliphatic carbocycles. The fourth-order valence-corrected chi connectivity index (χ4v) is 3.68. The quantitative estimate of drug-likeness (QED) is 0.166. The van der Waals surface area contributed by atoms with Gasteiger partial charge in [-0.3, -0.25) is 20.2 Å². The summed E-state index contributed by atoms with van der Waals surface area (Å²) in [5.74, 6) is -2.23. The molecule has 2 aliphatic heterocycles. The number of hydrogen-bond acceptors (Lipinski definition) is 13. The Hall–Kier alpha value is -3.96. The Bertz CT molecular complexity index is 1430. The predicted molar refractivity (Wildman–Crippen MR) is 146 cm³/mol. The largest absolute Gasteiger partial charge is 0.469 e. The SMILES string of the molecule is CCOC(=O)C1=C(OC2=C(C(=O)OCC)C(=Nc3cccc([N+](=O)[O-])c3)OC2)COC1=Nc1cccc([N+](=O)[O-])c1.[K]. The summed E-state index contributed by atoms with van der Waals surface area (Å²) in [6.07, 6.45) is 0. The Morgan fingerprint density at radius 3 is 1.55 bits per heavy atom. The van der Waals surface area contributed by atoms with Crippen LogP contribution in [0.3, 0.4) is 0 Å². The number of carbonyl (C=O) groups is 2. The number of carbonyl (C=O) groups excluding carboxylic acids is 2. The zero-order chi connectivity index (χ0) is 29.5. The predicted octanol–water partition coefficient (Wildman–Crippen LogP) is 3.59. The number of nitro benzene ring substituents is 2. The summed E-state index contributed by atoms with van der Waals surface area (Å²) in [4.78, 5) is 55.3. The topological polar surface area (TPSA) is 191 Å². The summed E-state index contributed by atoms with van der Waals surface area (Å²) in [6, 6.07) is 10.8. The molecule has 213 valence electrons. The number of non-ortho nitro benzene ring substituents is 2. The van der Waals surface area contributed by atoms with Crippen LogP contribution in [0.2, 0.25) is 0 Å². The number of aliphatic imine (C=N–C) groups is 2. The molecule has 2 aromatic rings. The monoisotopic (exact) mass is 605 g/mol. The van der Waals surface area contributed by atoms with Crippen molar-refractivity contribution in [1.82, 2.24) is 0 Å². The maximum atomic E-state index is 12.9. The van der Waals surface area contributed by atoms with Crippen molar-refractivity contribution >= 4 is 97.9 Å². The van der Waals surface area contributed by atoms with Gasteiger partial charge >= 0.3 is 11.9 Å². The second-order valence-electron chi connectivity index (χ2n) is 8.10. The molecule has 0 bridgehead atoms. The van der Waals surface area contributed by atoms with Gasteiger partial charge in [0.25, 0.3) is 11.4 Å². The van der Waals surface area contributed by atoms with Crippen LogP contribution in [-0.4, -0.2) is 111 Å². The molecular formula is C26H22KN4O11. The average Bonchev–Trinajstić information content (AvgIpc) is 3.52. The zero-order valence-electron chi connectivity index (χ0n) is 22.7. The summed E-state index contributed by atoms with van der Waals surface area (Å²) in [7, 11) is 0. The van der Waals surface area contributed by atoms with E-state index in [-0.39, 0.29) is 135 Å². The second-order valence-corrected chi connectivity index (χ2v) is 8.10. The van der Waals surface area contributed by atoms with E-state index in [9.17, 15) is 29.8 Å². The van der Waals surface area contributed by atoms with Gasteiger partial charge in [0, 0.05) is 75.7 Å². The summed E-state index contributed by atoms with van der Waals surface area (Å²) in [5.41, 5.74) is -0.549. The van der Waals surface area contributed by atoms with Gasteiger partial charge in [0.05, 0.1) is 34.4 Å². The molecule has 0 N–H and O–H groups in total. The first-order chi connectivity index (χ1) is 19.7. The van der Waals surface area contributed by atoms with Crippen molar-refractivity contribution in [2.45, 2.75) is 13.8 Å². The van der Waals surface area contributed by atoms with Crippen molar-refractivity contribution in [3.05, 3.63) is 91.4 Å². The van der Waals surface area contributed by atoms with Crippen LogP contribution >= 0.6 is 0 Å². The summed E-state index contributed by atoms with van der Waals surface area (Å²) < 4.78 is 27.3. The first-order valence-corrected chi connectivity index (χ1v) is 12.1. The maximum absolute atomic E-state index is 12.9. The third kappa shape index (κ3) is 7.65. The van der Waals surface area contributed by atoms with Crippen molar-refractivity contribution < 1.29 is 43.1 Å². The molecule has 0 atom stereocenters. The molecule has 0 aromatic heterocycles. The van der Waals surface area contributed by atoms with E-state index in [1.54, 1.807) is 13.8 Å². The van der Waals surface area contributed by atoms with E-state index in [0.717, 1.165) is 0 Å². The van der Waals surface area contributed by atoms with E-state index in [1.165, 1.54) is 48.5 Å². The molecule has 0 saturated heterocycles. The Morgan fingerprint density at radius 1 is 0.786 bits per heavy atom. The molecule has 2 aliphatic rings. The average molecular weight is 606 g/mol. The van der Waals surface area contributed by atoms with Crippen LogP contribution < -0.4 is 0 Å². The van der Waals surface area contributed by atoms with E-state index < -0.39 is 21.8 Å². The van der Waals surface area contributed by atoms with Crippen LogP contribution in [0, 0.1) is 20.2 Å². The molecule has 2 aromatic carbocycles. The minimum Gasteiger partial charge on any atom is -0.469 e. The number of benzene rings is 2. The molecule has 2 heterocycles. The molecule has 0 unspecified atom stereocenters. The molecule has 15 nitrogen and oxygen atoms in total. The van der Waals surface area contributed by atoms with Crippen LogP contribution in [0.25, 0.3) is 0 Å². The first-order valence-electron chi connectivity index (χ1n) is 12.1. The van der Waals surface area contributed by atoms with Crippen molar-refractivity contribution in [2.75, 3.05) is 26.4 Å². The second kappa shape index (κ2) is 14.8. The van der Waals surface area contributed by atoms with Gasteiger partial charge in [0.15, 0.2) is 22.7 Å². The molecule has 0 amide bonds. The number of nitro groups is 2. The zero-order valence-corrected chi connectivity index (χ0v) is 25.8. The number of hydrogen-bond donors (Lipinski definition) is 0. The Morgan fingerprint density at radius 2 is 1.19 bits per heavy atom. The minimum absolute atomic E-state index is 0. The number of esters is 2. The number of rotatable bonds is 10. The standard InChI is InChI=1S/C26H22N4O11.K/c1-3-37-25(31)21-19(13-39-23(21)27-15-7-5-9-17(11-15)29(33)34)41-20-14-40-24(22(20)26(32)38-4-2)28-16-8-6-10-18(12-16)30(35)36;/h5-12H,3-4,13-14H2,1-2H3;. The Balaban J connectivity index is 0.00000484. The van der Waals surface area contributed by atoms with Crippen molar-refractivity contribution in [3.63, 3.8) is 0 Å². The number of nitrogens with zero attached hydrogens (tertiary/aromatic N) is 4. The third-order valence-corrected chi connectivity index (χ3v) is 5.41. The summed E-state index contributed by atoms with van der Waals surface area (Å²) in [6.45, 7) is 2.63. The number of ether oxygens (including phenoxy) is 5. The molecule has 42 heavy (non-hydrogen) atoms. The maximum Gasteiger partial charge on any atom is 0.347 e. The first kappa shape index (κ1) is 32.5. The van der Waals surface area contributed by atoms with Gasteiger partial charge < -0.3 is 23.7 Å². The third-order valence-electron chi connectivity index (χ3n) is 5.41. The molecule has 16 heteroatoms. The summed E-state index contributed by atoms with van der Waals surface area (Å²) in [5, 5.41) is 22.3. The molecule has 0 fully saturated rings. The van der Waals surface area contributed by atoms with E-state index in [2.05, 4.69) is 9.98 Å². The normalized spacial score (nSPS) is 16.0. The van der Waals surface area contributed by atoms with Crippen molar-refractivity contribution in [3.8, 4) is 0 Å². The van der Waals surface area contributed by atoms with E-state index in [0.29, 0.717) is 0 Å². The van der Waals surface area contributed by atoms with E-state index >= 15 is 0 Å². The van der Waals surface area contributed by atoms with Gasteiger partial charge in [-0.2, -0.15) is 0 Å². The fourth-order valence-electron chi connectivity index (χ4n) is 3.68. The molecule has 1 radical (unpaired) electrons. The van der Waals surface area contributed by atoms with Crippen LogP contribution in [-0.2, 0) is 33.3 Å². The van der Waals surface area contributed by atoms with Gasteiger partial charge in [-0.15, -0.1) is 0 Å². The van der Waals surface area contributed by atoms with Gasteiger partial charge in [0.1, 0.15) is 13.2 Å². The van der Waals surface area contributed by atoms with Crippen molar-refractivity contribution in [1.29, 1.82) is 0 Å². The Labute approximate surface area is 280 Å². The molecule has 0 saturated carbocycles. The van der Waals surface area contributed by atoms with Crippen LogP contribution in [0.15, 0.2) is 81.2 Å². The van der Waals surface area contributed by atoms with Crippen LogP contribution in [0.5, 0.6) is 0 Å². The van der Waals surface area contributed by atoms with E-state index in [1.807, 2.05) is 0 Å². The van der Waals surface area contributed by atoms with Crippen LogP contribution in [0.1, 0.15) is 13.8 Å². The molecule has 4 rings (SSSR count). The van der Waals surface area contributed by atoms with Crippen LogP contribution in [0.4, 0.5) is 22.7 Å². The van der Waals surface area contributed by atoms with Gasteiger partial charge in [-0.25, -0.2) is 19.6 Å².